The first-order valence-electron chi connectivity index (χ1n) is 6.76. The van der Waals surface area contributed by atoms with Gasteiger partial charge in [-0.3, -0.25) is 4.79 Å². The molecule has 2 rings (SSSR count). The van der Waals surface area contributed by atoms with Crippen LogP contribution in [0.15, 0.2) is 0 Å². The molecule has 0 amide bonds. The summed E-state index contributed by atoms with van der Waals surface area (Å²) in [6.45, 7) is 1.61. The average molecular weight is 225 g/mol. The van der Waals surface area contributed by atoms with Crippen LogP contribution in [0.5, 0.6) is 0 Å². The summed E-state index contributed by atoms with van der Waals surface area (Å²) in [5.41, 5.74) is 0. The van der Waals surface area contributed by atoms with Gasteiger partial charge in [0.25, 0.3) is 0 Å². The number of nitrogens with one attached hydrogen (secondary N) is 1. The second-order valence-electron chi connectivity index (χ2n) is 5.14. The van der Waals surface area contributed by atoms with Gasteiger partial charge in [0.2, 0.25) is 0 Å². The summed E-state index contributed by atoms with van der Waals surface area (Å²) >= 11 is 0. The minimum Gasteiger partial charge on any atom is -0.464 e. The van der Waals surface area contributed by atoms with E-state index in [4.69, 9.17) is 4.74 Å². The average Bonchev–Trinajstić information content (AvgIpc) is 2.66. The van der Waals surface area contributed by atoms with Gasteiger partial charge in [-0.2, -0.15) is 0 Å². The van der Waals surface area contributed by atoms with Gasteiger partial charge < -0.3 is 10.1 Å². The lowest BCUT2D eigenvalue weighted by Crippen LogP contribution is -2.37. The molecule has 3 nitrogen and oxygen atoms in total. The molecule has 1 aliphatic heterocycles. The van der Waals surface area contributed by atoms with Crippen molar-refractivity contribution in [1.82, 2.24) is 5.32 Å². The van der Waals surface area contributed by atoms with E-state index in [1.807, 2.05) is 0 Å². The molecule has 92 valence electrons. The van der Waals surface area contributed by atoms with Crippen molar-refractivity contribution in [3.63, 3.8) is 0 Å². The van der Waals surface area contributed by atoms with Gasteiger partial charge in [-0.1, -0.05) is 25.7 Å². The molecule has 0 bridgehead atoms. The topological polar surface area (TPSA) is 38.3 Å². The summed E-state index contributed by atoms with van der Waals surface area (Å²) in [7, 11) is 0. The van der Waals surface area contributed by atoms with Crippen LogP contribution < -0.4 is 5.32 Å². The molecule has 0 aromatic heterocycles. The monoisotopic (exact) mass is 225 g/mol. The molecule has 0 radical (unpaired) electrons. The third-order valence-electron chi connectivity index (χ3n) is 3.78. The van der Waals surface area contributed by atoms with Crippen LogP contribution in [-0.2, 0) is 9.53 Å². The summed E-state index contributed by atoms with van der Waals surface area (Å²) in [6, 6.07) is -0.0381. The summed E-state index contributed by atoms with van der Waals surface area (Å²) in [5.74, 6) is 0.614. The maximum absolute atomic E-state index is 11.8. The van der Waals surface area contributed by atoms with E-state index in [9.17, 15) is 4.79 Å². The molecule has 2 fully saturated rings. The largest absolute Gasteiger partial charge is 0.464 e. The van der Waals surface area contributed by atoms with Crippen LogP contribution in [-0.4, -0.2) is 25.2 Å². The molecule has 16 heavy (non-hydrogen) atoms. The Balaban J connectivity index is 1.69. The fraction of sp³-hybridized carbons (Fsp3) is 0.923. The van der Waals surface area contributed by atoms with E-state index in [0.29, 0.717) is 12.5 Å². The molecule has 0 aromatic rings. The molecule has 0 aromatic carbocycles. The van der Waals surface area contributed by atoms with E-state index in [-0.39, 0.29) is 12.0 Å². The molecule has 1 heterocycles. The van der Waals surface area contributed by atoms with Crippen LogP contribution in [0, 0.1) is 5.92 Å². The van der Waals surface area contributed by atoms with E-state index in [0.717, 1.165) is 19.4 Å². The number of rotatable bonds is 3. The zero-order valence-electron chi connectivity index (χ0n) is 10.0. The lowest BCUT2D eigenvalue weighted by atomic mass is 10.1. The van der Waals surface area contributed by atoms with Gasteiger partial charge in [0, 0.05) is 0 Å². The van der Waals surface area contributed by atoms with Crippen LogP contribution in [0.1, 0.15) is 51.4 Å². The Hall–Kier alpha value is -0.570. The summed E-state index contributed by atoms with van der Waals surface area (Å²) in [5, 5.41) is 3.28. The maximum Gasteiger partial charge on any atom is 0.323 e. The van der Waals surface area contributed by atoms with Gasteiger partial charge in [0.05, 0.1) is 6.61 Å². The molecule has 1 N–H and O–H groups in total. The van der Waals surface area contributed by atoms with Gasteiger partial charge in [0.1, 0.15) is 6.04 Å². The number of carbonyl (C=O) groups is 1. The van der Waals surface area contributed by atoms with Crippen molar-refractivity contribution >= 4 is 5.97 Å². The Morgan fingerprint density at radius 2 is 1.81 bits per heavy atom. The lowest BCUT2D eigenvalue weighted by molar-refractivity contribution is -0.147. The van der Waals surface area contributed by atoms with Crippen LogP contribution >= 0.6 is 0 Å². The van der Waals surface area contributed by atoms with E-state index < -0.39 is 0 Å². The Kier molecular flexibility index (Phi) is 4.64. The minimum absolute atomic E-state index is 0.0196. The first kappa shape index (κ1) is 11.9. The molecule has 3 heteroatoms. The highest BCUT2D eigenvalue weighted by Gasteiger charge is 2.23. The van der Waals surface area contributed by atoms with Crippen LogP contribution in [0.3, 0.4) is 0 Å². The molecule has 0 spiro atoms. The van der Waals surface area contributed by atoms with E-state index >= 15 is 0 Å². The van der Waals surface area contributed by atoms with Crippen molar-refractivity contribution < 1.29 is 9.53 Å². The van der Waals surface area contributed by atoms with E-state index in [1.165, 1.54) is 38.5 Å². The first-order chi connectivity index (χ1) is 7.86. The first-order valence-corrected chi connectivity index (χ1v) is 6.76. The molecular formula is C13H23NO2. The summed E-state index contributed by atoms with van der Waals surface area (Å²) in [4.78, 5) is 11.8. The third kappa shape index (κ3) is 3.48. The Labute approximate surface area is 97.9 Å². The number of hydrogen-bond donors (Lipinski definition) is 1. The number of carbonyl (C=O) groups excluding carboxylic acids is 1. The van der Waals surface area contributed by atoms with Crippen LogP contribution in [0.2, 0.25) is 0 Å². The SMILES string of the molecule is O=C(OCC1CCCC1)C1CCCCCN1. The zero-order chi connectivity index (χ0) is 11.2. The van der Waals surface area contributed by atoms with Crippen LogP contribution in [0.25, 0.3) is 0 Å². The van der Waals surface area contributed by atoms with Crippen molar-refractivity contribution in [2.75, 3.05) is 13.2 Å². The van der Waals surface area contributed by atoms with E-state index in [1.54, 1.807) is 0 Å². The fourth-order valence-electron chi connectivity index (χ4n) is 2.71. The highest BCUT2D eigenvalue weighted by Crippen LogP contribution is 2.24. The quantitative estimate of drug-likeness (QED) is 0.749. The van der Waals surface area contributed by atoms with Crippen molar-refractivity contribution in [1.29, 1.82) is 0 Å². The summed E-state index contributed by atoms with van der Waals surface area (Å²) in [6.07, 6.45) is 9.62. The number of ether oxygens (including phenoxy) is 1. The van der Waals surface area contributed by atoms with E-state index in [2.05, 4.69) is 5.32 Å². The molecule has 1 atom stereocenters. The third-order valence-corrected chi connectivity index (χ3v) is 3.78. The lowest BCUT2D eigenvalue weighted by Gasteiger charge is -2.16. The van der Waals surface area contributed by atoms with Crippen molar-refractivity contribution in [3.8, 4) is 0 Å². The Morgan fingerprint density at radius 1 is 1.06 bits per heavy atom. The Morgan fingerprint density at radius 3 is 2.62 bits per heavy atom. The maximum atomic E-state index is 11.8. The highest BCUT2D eigenvalue weighted by atomic mass is 16.5. The van der Waals surface area contributed by atoms with Crippen molar-refractivity contribution in [2.24, 2.45) is 5.92 Å². The van der Waals surface area contributed by atoms with Gasteiger partial charge in [-0.05, 0) is 38.1 Å². The zero-order valence-corrected chi connectivity index (χ0v) is 10.0. The smallest absolute Gasteiger partial charge is 0.323 e. The van der Waals surface area contributed by atoms with Gasteiger partial charge in [-0.15, -0.1) is 0 Å². The summed E-state index contributed by atoms with van der Waals surface area (Å²) < 4.78 is 5.42. The standard InChI is InChI=1S/C13H23NO2/c15-13(12-8-2-1-5-9-14-12)16-10-11-6-3-4-7-11/h11-12,14H,1-10H2. The molecule has 1 unspecified atom stereocenters. The van der Waals surface area contributed by atoms with Crippen LogP contribution in [0.4, 0.5) is 0 Å². The van der Waals surface area contributed by atoms with Gasteiger partial charge in [0.15, 0.2) is 0 Å². The second-order valence-corrected chi connectivity index (χ2v) is 5.14. The molecule has 1 aliphatic carbocycles. The van der Waals surface area contributed by atoms with Gasteiger partial charge in [-0.25, -0.2) is 0 Å². The Bertz CT molecular complexity index is 216. The molecular weight excluding hydrogens is 202 g/mol. The number of hydrogen-bond acceptors (Lipinski definition) is 3. The molecule has 1 saturated heterocycles. The van der Waals surface area contributed by atoms with Gasteiger partial charge >= 0.3 is 5.97 Å². The highest BCUT2D eigenvalue weighted by molar-refractivity contribution is 5.75. The normalized spacial score (nSPS) is 27.6. The van der Waals surface area contributed by atoms with Crippen molar-refractivity contribution in [2.45, 2.75) is 57.4 Å². The number of esters is 1. The molecule has 1 saturated carbocycles. The predicted octanol–water partition coefficient (Wildman–Crippen LogP) is 2.25. The second kappa shape index (κ2) is 6.24. The fourth-order valence-corrected chi connectivity index (χ4v) is 2.71. The molecule has 2 aliphatic rings. The predicted molar refractivity (Wildman–Crippen MR) is 63.2 cm³/mol. The van der Waals surface area contributed by atoms with Crippen molar-refractivity contribution in [3.05, 3.63) is 0 Å². The minimum atomic E-state index is -0.0381.